The van der Waals surface area contributed by atoms with Crippen molar-refractivity contribution in [1.82, 2.24) is 9.55 Å². The molecule has 1 saturated heterocycles. The van der Waals surface area contributed by atoms with E-state index in [1.807, 2.05) is 0 Å². The van der Waals surface area contributed by atoms with Gasteiger partial charge in [-0.15, -0.1) is 0 Å². The first-order valence-corrected chi connectivity index (χ1v) is 6.03. The summed E-state index contributed by atoms with van der Waals surface area (Å²) >= 11 is 0. The van der Waals surface area contributed by atoms with Crippen LogP contribution in [0.1, 0.15) is 16.6 Å². The molecule has 0 saturated carbocycles. The normalized spacial score (nSPS) is 27.8. The number of aliphatic hydroxyl groups excluding tert-OH is 3. The Morgan fingerprint density at radius 1 is 1.27 bits per heavy atom. The highest BCUT2D eigenvalue weighted by Crippen LogP contribution is 2.27. The fourth-order valence-electron chi connectivity index (χ4n) is 2.06. The summed E-state index contributed by atoms with van der Waals surface area (Å²) in [5.41, 5.74) is -3.13. The molecule has 1 aromatic rings. The third kappa shape index (κ3) is 2.57. The highest BCUT2D eigenvalue weighted by atomic mass is 16.6. The number of aromatic amines is 1. The van der Waals surface area contributed by atoms with E-state index in [-0.39, 0.29) is 0 Å². The molecule has 5 N–H and O–H groups in total. The van der Waals surface area contributed by atoms with E-state index >= 15 is 0 Å². The van der Waals surface area contributed by atoms with Crippen molar-refractivity contribution in [3.63, 3.8) is 0 Å². The lowest BCUT2D eigenvalue weighted by Gasteiger charge is -2.17. The van der Waals surface area contributed by atoms with Crippen molar-refractivity contribution in [2.75, 3.05) is 6.61 Å². The van der Waals surface area contributed by atoms with E-state index in [9.17, 15) is 29.4 Å². The number of rotatable bonds is 4. The maximum absolute atomic E-state index is 11.7. The first-order valence-electron chi connectivity index (χ1n) is 6.03. The summed E-state index contributed by atoms with van der Waals surface area (Å²) in [4.78, 5) is 47.0. The third-order valence-corrected chi connectivity index (χ3v) is 3.20. The van der Waals surface area contributed by atoms with E-state index in [1.165, 1.54) is 0 Å². The molecule has 0 bridgehead atoms. The average Bonchev–Trinajstić information content (AvgIpc) is 2.74. The minimum Gasteiger partial charge on any atom is -0.475 e. The highest BCUT2D eigenvalue weighted by Gasteiger charge is 2.44. The molecule has 22 heavy (non-hydrogen) atoms. The van der Waals surface area contributed by atoms with Crippen LogP contribution >= 0.6 is 0 Å². The zero-order chi connectivity index (χ0) is 16.6. The van der Waals surface area contributed by atoms with E-state index in [0.717, 1.165) is 0 Å². The molecule has 2 heterocycles. The van der Waals surface area contributed by atoms with Gasteiger partial charge in [0.1, 0.15) is 23.9 Å². The average molecular weight is 316 g/mol. The minimum atomic E-state index is -1.91. The van der Waals surface area contributed by atoms with Gasteiger partial charge in [0.05, 0.1) is 6.61 Å². The van der Waals surface area contributed by atoms with Crippen LogP contribution in [-0.4, -0.2) is 66.6 Å². The second kappa shape index (κ2) is 5.81. The van der Waals surface area contributed by atoms with Crippen molar-refractivity contribution in [3.05, 3.63) is 32.6 Å². The molecular weight excluding hydrogens is 304 g/mol. The molecule has 1 aliphatic heterocycles. The number of aliphatic hydroxyl groups is 3. The number of aliphatic carboxylic acids is 1. The van der Waals surface area contributed by atoms with Crippen LogP contribution in [0, 0.1) is 0 Å². The number of carbonyl (C=O) groups excluding carboxylic acids is 1. The Balaban J connectivity index is 2.51. The van der Waals surface area contributed by atoms with Crippen LogP contribution in [0.4, 0.5) is 0 Å². The molecule has 1 aromatic heterocycles. The summed E-state index contributed by atoms with van der Waals surface area (Å²) < 4.78 is 5.64. The van der Waals surface area contributed by atoms with Gasteiger partial charge >= 0.3 is 11.7 Å². The smallest absolute Gasteiger partial charge is 0.377 e. The van der Waals surface area contributed by atoms with Crippen molar-refractivity contribution in [3.8, 4) is 0 Å². The summed E-state index contributed by atoms with van der Waals surface area (Å²) in [5.74, 6) is -3.46. The van der Waals surface area contributed by atoms with Crippen molar-refractivity contribution < 1.29 is 34.8 Å². The quantitative estimate of drug-likeness (QED) is 0.277. The SMILES string of the molecule is O=C(O)C(=O)c1cn([C@@H]2O[C@H](CO)[C@@H](O)[C@H]2O)c(=O)[nH]c1=O. The number of carboxylic acids is 1. The fraction of sp³-hybridized carbons (Fsp3) is 0.455. The number of carbonyl (C=O) groups is 2. The van der Waals surface area contributed by atoms with Gasteiger partial charge in [0.15, 0.2) is 6.23 Å². The number of hydrogen-bond acceptors (Lipinski definition) is 8. The Morgan fingerprint density at radius 2 is 1.91 bits per heavy atom. The van der Waals surface area contributed by atoms with Gasteiger partial charge in [0, 0.05) is 6.20 Å². The summed E-state index contributed by atoms with van der Waals surface area (Å²) in [6.07, 6.45) is -5.20. The summed E-state index contributed by atoms with van der Waals surface area (Å²) in [6.45, 7) is -0.645. The van der Waals surface area contributed by atoms with Crippen LogP contribution in [0.25, 0.3) is 0 Å². The zero-order valence-corrected chi connectivity index (χ0v) is 10.9. The van der Waals surface area contributed by atoms with Gasteiger partial charge in [-0.25, -0.2) is 9.59 Å². The zero-order valence-electron chi connectivity index (χ0n) is 10.9. The fourth-order valence-corrected chi connectivity index (χ4v) is 2.06. The van der Waals surface area contributed by atoms with E-state index < -0.39 is 59.7 Å². The van der Waals surface area contributed by atoms with Crippen molar-refractivity contribution in [1.29, 1.82) is 0 Å². The standard InChI is InChI=1S/C11H12N2O9/c14-2-4-6(16)7(17)9(22-4)13-1-3(5(15)10(19)20)8(18)12-11(13)21/h1,4,6-7,9,14,16-17H,2H2,(H,19,20)(H,12,18,21)/t4-,6-,7-,9-/m1/s1. The van der Waals surface area contributed by atoms with E-state index in [1.54, 1.807) is 4.98 Å². The summed E-state index contributed by atoms with van der Waals surface area (Å²) in [5, 5.41) is 37.0. The molecule has 0 aliphatic carbocycles. The lowest BCUT2D eigenvalue weighted by molar-refractivity contribution is -0.131. The van der Waals surface area contributed by atoms with Crippen LogP contribution in [-0.2, 0) is 9.53 Å². The second-order valence-electron chi connectivity index (χ2n) is 4.57. The Bertz CT molecular complexity index is 721. The molecule has 0 spiro atoms. The number of H-pyrrole nitrogens is 1. The Hall–Kier alpha value is -2.34. The Morgan fingerprint density at radius 3 is 2.41 bits per heavy atom. The first kappa shape index (κ1) is 16.0. The summed E-state index contributed by atoms with van der Waals surface area (Å²) in [7, 11) is 0. The van der Waals surface area contributed by atoms with Gasteiger partial charge in [-0.05, 0) is 0 Å². The van der Waals surface area contributed by atoms with Crippen molar-refractivity contribution in [2.45, 2.75) is 24.5 Å². The predicted octanol–water partition coefficient (Wildman–Crippen LogP) is -3.58. The first-order chi connectivity index (χ1) is 10.3. The topological polar surface area (TPSA) is 179 Å². The van der Waals surface area contributed by atoms with Crippen LogP contribution < -0.4 is 11.2 Å². The van der Waals surface area contributed by atoms with Gasteiger partial charge in [0.25, 0.3) is 11.3 Å². The van der Waals surface area contributed by atoms with Gasteiger partial charge in [0.2, 0.25) is 0 Å². The highest BCUT2D eigenvalue weighted by molar-refractivity contribution is 6.39. The number of ketones is 1. The van der Waals surface area contributed by atoms with Crippen molar-refractivity contribution in [2.24, 2.45) is 0 Å². The second-order valence-corrected chi connectivity index (χ2v) is 4.57. The van der Waals surface area contributed by atoms with Crippen LogP contribution in [0.15, 0.2) is 15.8 Å². The number of ether oxygens (including phenoxy) is 1. The molecule has 0 amide bonds. The number of aromatic nitrogens is 2. The van der Waals surface area contributed by atoms with E-state index in [2.05, 4.69) is 0 Å². The van der Waals surface area contributed by atoms with Crippen LogP contribution in [0.5, 0.6) is 0 Å². The van der Waals surface area contributed by atoms with Gasteiger partial charge in [-0.1, -0.05) is 0 Å². The summed E-state index contributed by atoms with van der Waals surface area (Å²) in [6, 6.07) is 0. The molecule has 1 fully saturated rings. The lowest BCUT2D eigenvalue weighted by Crippen LogP contribution is -2.40. The molecule has 11 nitrogen and oxygen atoms in total. The molecule has 0 unspecified atom stereocenters. The number of nitrogens with one attached hydrogen (secondary N) is 1. The van der Waals surface area contributed by atoms with Gasteiger partial charge in [-0.2, -0.15) is 0 Å². The molecular formula is C11H12N2O9. The van der Waals surface area contributed by atoms with Crippen molar-refractivity contribution >= 4 is 11.8 Å². The monoisotopic (exact) mass is 316 g/mol. The molecule has 2 rings (SSSR count). The maximum Gasteiger partial charge on any atom is 0.377 e. The number of Topliss-reactive ketones (excluding diaryl/α,β-unsaturated/α-hetero) is 1. The van der Waals surface area contributed by atoms with Crippen LogP contribution in [0.3, 0.4) is 0 Å². The molecule has 120 valence electrons. The lowest BCUT2D eigenvalue weighted by atomic mass is 10.1. The number of carboxylic acid groups (broad SMARTS) is 1. The number of nitrogens with zero attached hydrogens (tertiary/aromatic N) is 1. The Labute approximate surface area is 121 Å². The molecule has 0 aromatic carbocycles. The number of hydrogen-bond donors (Lipinski definition) is 5. The van der Waals surface area contributed by atoms with Gasteiger partial charge in [-0.3, -0.25) is 19.1 Å². The largest absolute Gasteiger partial charge is 0.475 e. The molecule has 1 aliphatic rings. The van der Waals surface area contributed by atoms with Gasteiger partial charge < -0.3 is 25.2 Å². The molecule has 0 radical (unpaired) electrons. The van der Waals surface area contributed by atoms with E-state index in [4.69, 9.17) is 14.9 Å². The molecule has 11 heteroatoms. The third-order valence-electron chi connectivity index (χ3n) is 3.20. The predicted molar refractivity (Wildman–Crippen MR) is 66.3 cm³/mol. The maximum atomic E-state index is 11.7. The van der Waals surface area contributed by atoms with E-state index in [0.29, 0.717) is 10.8 Å². The molecule has 4 atom stereocenters. The minimum absolute atomic E-state index is 0.571. The van der Waals surface area contributed by atoms with Crippen LogP contribution in [0.2, 0.25) is 0 Å². The Kier molecular flexibility index (Phi) is 4.23.